The van der Waals surface area contributed by atoms with Crippen molar-refractivity contribution >= 4 is 11.7 Å². The molecule has 1 fully saturated rings. The third-order valence-corrected chi connectivity index (χ3v) is 4.99. The zero-order valence-corrected chi connectivity index (χ0v) is 13.3. The molecule has 4 nitrogen and oxygen atoms in total. The number of hydrogen-bond acceptors (Lipinski definition) is 3. The van der Waals surface area contributed by atoms with Gasteiger partial charge in [-0.1, -0.05) is 31.4 Å². The highest BCUT2D eigenvalue weighted by Crippen LogP contribution is 2.24. The minimum absolute atomic E-state index is 0.111. The van der Waals surface area contributed by atoms with Crippen LogP contribution < -0.4 is 5.32 Å². The second-order valence-electron chi connectivity index (χ2n) is 6.61. The Kier molecular flexibility index (Phi) is 4.76. The van der Waals surface area contributed by atoms with Gasteiger partial charge >= 0.3 is 0 Å². The van der Waals surface area contributed by atoms with E-state index in [9.17, 15) is 14.9 Å². The first-order valence-electron chi connectivity index (χ1n) is 8.55. The number of ketones is 1. The first kappa shape index (κ1) is 15.7. The Morgan fingerprint density at radius 3 is 2.57 bits per heavy atom. The molecule has 2 aliphatic rings. The van der Waals surface area contributed by atoms with Crippen LogP contribution in [0, 0.1) is 17.2 Å². The van der Waals surface area contributed by atoms with Crippen molar-refractivity contribution in [2.24, 2.45) is 5.92 Å². The first-order valence-corrected chi connectivity index (χ1v) is 8.55. The number of benzene rings is 1. The van der Waals surface area contributed by atoms with Gasteiger partial charge in [-0.3, -0.25) is 9.59 Å². The third-order valence-electron chi connectivity index (χ3n) is 4.99. The molecule has 0 aliphatic heterocycles. The molecule has 4 heteroatoms. The molecule has 0 aromatic heterocycles. The molecule has 0 bridgehead atoms. The smallest absolute Gasteiger partial charge is 0.245 e. The number of nitriles is 1. The lowest BCUT2D eigenvalue weighted by atomic mass is 9.92. The molecular weight excluding hydrogens is 288 g/mol. The fourth-order valence-corrected chi connectivity index (χ4v) is 3.66. The van der Waals surface area contributed by atoms with Gasteiger partial charge in [-0.15, -0.1) is 0 Å². The Morgan fingerprint density at radius 1 is 1.09 bits per heavy atom. The van der Waals surface area contributed by atoms with Gasteiger partial charge < -0.3 is 5.32 Å². The van der Waals surface area contributed by atoms with Crippen LogP contribution in [0.1, 0.15) is 60.0 Å². The molecule has 120 valence electrons. The summed E-state index contributed by atoms with van der Waals surface area (Å²) in [4.78, 5) is 24.9. The number of amides is 1. The zero-order valence-electron chi connectivity index (χ0n) is 13.3. The molecule has 23 heavy (non-hydrogen) atoms. The van der Waals surface area contributed by atoms with Crippen LogP contribution >= 0.6 is 0 Å². The van der Waals surface area contributed by atoms with Crippen LogP contribution in [0.5, 0.6) is 0 Å². The lowest BCUT2D eigenvalue weighted by Gasteiger charge is -2.23. The SMILES string of the molecule is N#CC(C(=O)NC1CCCCC1)C(=O)c1ccc2c(c1)CCC2. The summed E-state index contributed by atoms with van der Waals surface area (Å²) in [6.07, 6.45) is 8.41. The predicted molar refractivity (Wildman–Crippen MR) is 86.9 cm³/mol. The quantitative estimate of drug-likeness (QED) is 0.686. The number of nitrogens with one attached hydrogen (secondary N) is 1. The zero-order chi connectivity index (χ0) is 16.2. The molecule has 1 unspecified atom stereocenters. The number of rotatable bonds is 4. The van der Waals surface area contributed by atoms with Crippen molar-refractivity contribution in [2.45, 2.75) is 57.4 Å². The molecule has 1 N–H and O–H groups in total. The van der Waals surface area contributed by atoms with Crippen molar-refractivity contribution in [3.05, 3.63) is 34.9 Å². The number of Topliss-reactive ketones (excluding diaryl/α,β-unsaturated/α-hetero) is 1. The summed E-state index contributed by atoms with van der Waals surface area (Å²) in [5.74, 6) is -2.06. The first-order chi connectivity index (χ1) is 11.2. The minimum Gasteiger partial charge on any atom is -0.352 e. The summed E-state index contributed by atoms with van der Waals surface area (Å²) < 4.78 is 0. The Labute approximate surface area is 136 Å². The number of aryl methyl sites for hydroxylation is 2. The number of carbonyl (C=O) groups is 2. The summed E-state index contributed by atoms with van der Waals surface area (Å²) >= 11 is 0. The number of nitrogens with zero attached hydrogens (tertiary/aromatic N) is 1. The topological polar surface area (TPSA) is 70.0 Å². The van der Waals surface area contributed by atoms with E-state index in [0.717, 1.165) is 44.9 Å². The second-order valence-corrected chi connectivity index (χ2v) is 6.61. The predicted octanol–water partition coefficient (Wildman–Crippen LogP) is 2.95. The van der Waals surface area contributed by atoms with Crippen molar-refractivity contribution in [1.29, 1.82) is 5.26 Å². The minimum atomic E-state index is -1.24. The average Bonchev–Trinajstić information content (AvgIpc) is 3.04. The summed E-state index contributed by atoms with van der Waals surface area (Å²) in [5, 5.41) is 12.2. The van der Waals surface area contributed by atoms with E-state index >= 15 is 0 Å². The van der Waals surface area contributed by atoms with Crippen LogP contribution in [0.4, 0.5) is 0 Å². The van der Waals surface area contributed by atoms with Crippen LogP contribution in [0.25, 0.3) is 0 Å². The fourth-order valence-electron chi connectivity index (χ4n) is 3.66. The van der Waals surface area contributed by atoms with E-state index in [4.69, 9.17) is 0 Å². The molecular formula is C19H22N2O2. The molecule has 1 amide bonds. The van der Waals surface area contributed by atoms with E-state index in [1.54, 1.807) is 6.07 Å². The molecule has 3 rings (SSSR count). The van der Waals surface area contributed by atoms with Gasteiger partial charge in [0.25, 0.3) is 0 Å². The van der Waals surface area contributed by atoms with Crippen LogP contribution in [-0.2, 0) is 17.6 Å². The van der Waals surface area contributed by atoms with Crippen LogP contribution in [0.15, 0.2) is 18.2 Å². The van der Waals surface area contributed by atoms with E-state index in [1.165, 1.54) is 17.5 Å². The van der Waals surface area contributed by atoms with Crippen LogP contribution in [0.3, 0.4) is 0 Å². The van der Waals surface area contributed by atoms with Crippen molar-refractivity contribution in [3.63, 3.8) is 0 Å². The van der Waals surface area contributed by atoms with E-state index in [1.807, 2.05) is 18.2 Å². The number of fused-ring (bicyclic) bond motifs is 1. The van der Waals surface area contributed by atoms with Gasteiger partial charge in [0.2, 0.25) is 5.91 Å². The van der Waals surface area contributed by atoms with Gasteiger partial charge in [-0.25, -0.2) is 0 Å². The van der Waals surface area contributed by atoms with Gasteiger partial charge in [-0.05, 0) is 49.3 Å². The van der Waals surface area contributed by atoms with Crippen LogP contribution in [-0.4, -0.2) is 17.7 Å². The highest BCUT2D eigenvalue weighted by molar-refractivity contribution is 6.12. The van der Waals surface area contributed by atoms with Crippen molar-refractivity contribution in [3.8, 4) is 6.07 Å². The Balaban J connectivity index is 1.70. The molecule has 0 spiro atoms. The largest absolute Gasteiger partial charge is 0.352 e. The van der Waals surface area contributed by atoms with E-state index < -0.39 is 11.8 Å². The van der Waals surface area contributed by atoms with Gasteiger partial charge in [0, 0.05) is 11.6 Å². The average molecular weight is 310 g/mol. The third kappa shape index (κ3) is 3.44. The molecule has 1 aromatic rings. The second kappa shape index (κ2) is 6.95. The highest BCUT2D eigenvalue weighted by atomic mass is 16.2. The van der Waals surface area contributed by atoms with Crippen LogP contribution in [0.2, 0.25) is 0 Å². The van der Waals surface area contributed by atoms with Gasteiger partial charge in [0.1, 0.15) is 0 Å². The Bertz CT molecular complexity index is 654. The van der Waals surface area contributed by atoms with Gasteiger partial charge in [0.15, 0.2) is 11.7 Å². The number of carbonyl (C=O) groups excluding carboxylic acids is 2. The van der Waals surface area contributed by atoms with Crippen molar-refractivity contribution in [1.82, 2.24) is 5.32 Å². The molecule has 0 saturated heterocycles. The van der Waals surface area contributed by atoms with Crippen molar-refractivity contribution < 1.29 is 9.59 Å². The monoisotopic (exact) mass is 310 g/mol. The highest BCUT2D eigenvalue weighted by Gasteiger charge is 2.30. The standard InChI is InChI=1S/C19H22N2O2/c20-12-17(19(23)21-16-7-2-1-3-8-16)18(22)15-10-9-13-5-4-6-14(13)11-15/h9-11,16-17H,1-8H2,(H,21,23). The summed E-state index contributed by atoms with van der Waals surface area (Å²) in [5.41, 5.74) is 2.94. The molecule has 0 radical (unpaired) electrons. The van der Waals surface area contributed by atoms with Gasteiger partial charge in [-0.2, -0.15) is 5.26 Å². The molecule has 0 heterocycles. The lowest BCUT2D eigenvalue weighted by molar-refractivity contribution is -0.123. The number of hydrogen-bond donors (Lipinski definition) is 1. The van der Waals surface area contributed by atoms with E-state index in [-0.39, 0.29) is 11.8 Å². The summed E-state index contributed by atoms with van der Waals surface area (Å²) in [6.45, 7) is 0. The summed E-state index contributed by atoms with van der Waals surface area (Å²) in [7, 11) is 0. The van der Waals surface area contributed by atoms with E-state index in [2.05, 4.69) is 5.32 Å². The maximum atomic E-state index is 12.6. The van der Waals surface area contributed by atoms with E-state index in [0.29, 0.717) is 5.56 Å². The summed E-state index contributed by atoms with van der Waals surface area (Å²) in [6, 6.07) is 7.59. The molecule has 1 atom stereocenters. The maximum Gasteiger partial charge on any atom is 0.245 e. The molecule has 1 aromatic carbocycles. The lowest BCUT2D eigenvalue weighted by Crippen LogP contribution is -2.42. The Hall–Kier alpha value is -2.15. The normalized spacial score (nSPS) is 18.7. The molecule has 2 aliphatic carbocycles. The Morgan fingerprint density at radius 2 is 1.83 bits per heavy atom. The molecule has 1 saturated carbocycles. The van der Waals surface area contributed by atoms with Gasteiger partial charge in [0.05, 0.1) is 6.07 Å². The maximum absolute atomic E-state index is 12.6. The fraction of sp³-hybridized carbons (Fsp3) is 0.526. The van der Waals surface area contributed by atoms with Crippen molar-refractivity contribution in [2.75, 3.05) is 0 Å².